The normalized spacial score (nSPS) is 17.4. The maximum atomic E-state index is 14.1. The first-order valence-electron chi connectivity index (χ1n) is 13.2. The van der Waals surface area contributed by atoms with Crippen molar-refractivity contribution >= 4 is 22.8 Å². The molecular formula is C26H32F5N7O3. The summed E-state index contributed by atoms with van der Waals surface area (Å²) in [4.78, 5) is 32.4. The fourth-order valence-corrected chi connectivity index (χ4v) is 5.21. The number of primary amides is 1. The first-order valence-corrected chi connectivity index (χ1v) is 13.2. The number of nitrogens with two attached hydrogens (primary N) is 1. The van der Waals surface area contributed by atoms with Crippen molar-refractivity contribution in [1.82, 2.24) is 30.3 Å². The smallest absolute Gasteiger partial charge is 0.383 e. The molecule has 1 aliphatic rings. The van der Waals surface area contributed by atoms with Crippen molar-refractivity contribution in [3.8, 4) is 0 Å². The number of hydrogen-bond donors (Lipinski definition) is 3. The first kappa shape index (κ1) is 30.3. The van der Waals surface area contributed by atoms with Crippen molar-refractivity contribution in [2.75, 3.05) is 13.7 Å². The van der Waals surface area contributed by atoms with Crippen LogP contribution < -0.4 is 11.1 Å². The summed E-state index contributed by atoms with van der Waals surface area (Å²) in [7, 11) is 1.49. The summed E-state index contributed by atoms with van der Waals surface area (Å²) < 4.78 is 71.9. The van der Waals surface area contributed by atoms with Crippen LogP contribution in [0.1, 0.15) is 85.0 Å². The van der Waals surface area contributed by atoms with E-state index >= 15 is 0 Å². The topological polar surface area (TPSA) is 141 Å². The molecule has 2 aromatic heterocycles. The fourth-order valence-electron chi connectivity index (χ4n) is 5.21. The third-order valence-corrected chi connectivity index (χ3v) is 7.36. The van der Waals surface area contributed by atoms with Crippen LogP contribution in [-0.4, -0.2) is 62.6 Å². The molecule has 10 nitrogen and oxygen atoms in total. The molecule has 0 saturated heterocycles. The Bertz CT molecular complexity index is 1380. The standard InChI is InChI=1S/C26H32F5N7O3/c1-14(33-19(39)7-10-26(29,30)31)16-3-4-17-18(13-16)35-24(34-17)20(15-5-8-25(27,28)9-6-15)21-22(23(32)40)38(37-36-21)11-12-41-2/h3-4,13-15,20H,5-12H2,1-2H3,(H2,32,40)(H,33,39)(H,34,35)/t14-,20+/m1/s1. The van der Waals surface area contributed by atoms with E-state index in [-0.39, 0.29) is 56.1 Å². The number of hydrogen-bond acceptors (Lipinski definition) is 6. The third-order valence-electron chi connectivity index (χ3n) is 7.36. The number of nitrogens with zero attached hydrogens (tertiary/aromatic N) is 4. The predicted octanol–water partition coefficient (Wildman–Crippen LogP) is 4.38. The largest absolute Gasteiger partial charge is 0.389 e. The van der Waals surface area contributed by atoms with Crippen molar-refractivity contribution in [3.63, 3.8) is 0 Å². The van der Waals surface area contributed by atoms with E-state index in [4.69, 9.17) is 10.5 Å². The minimum atomic E-state index is -4.43. The number of carbonyl (C=O) groups is 2. The number of imidazole rings is 1. The number of H-pyrrole nitrogens is 1. The van der Waals surface area contributed by atoms with Gasteiger partial charge in [0.2, 0.25) is 11.8 Å². The zero-order chi connectivity index (χ0) is 29.9. The maximum absolute atomic E-state index is 14.1. The number of aromatic nitrogens is 5. The molecular weight excluding hydrogens is 553 g/mol. The molecule has 2 amide bonds. The van der Waals surface area contributed by atoms with E-state index in [0.717, 1.165) is 0 Å². The van der Waals surface area contributed by atoms with E-state index in [2.05, 4.69) is 25.6 Å². The van der Waals surface area contributed by atoms with Gasteiger partial charge in [-0.3, -0.25) is 9.59 Å². The number of carbonyl (C=O) groups excluding carboxylic acids is 2. The molecule has 2 heterocycles. The molecule has 4 N–H and O–H groups in total. The number of methoxy groups -OCH3 is 1. The van der Waals surface area contributed by atoms with Gasteiger partial charge in [0.25, 0.3) is 5.91 Å². The van der Waals surface area contributed by atoms with E-state index < -0.39 is 48.7 Å². The van der Waals surface area contributed by atoms with Gasteiger partial charge in [0, 0.05) is 26.4 Å². The summed E-state index contributed by atoms with van der Waals surface area (Å²) >= 11 is 0. The summed E-state index contributed by atoms with van der Waals surface area (Å²) in [6.07, 6.45) is -6.66. The molecule has 4 rings (SSSR count). The van der Waals surface area contributed by atoms with Crippen LogP contribution in [0.5, 0.6) is 0 Å². The number of ether oxygens (including phenoxy) is 1. The van der Waals surface area contributed by atoms with Crippen LogP contribution in [0.3, 0.4) is 0 Å². The average molecular weight is 586 g/mol. The van der Waals surface area contributed by atoms with Gasteiger partial charge in [-0.25, -0.2) is 18.4 Å². The number of aromatic amines is 1. The highest BCUT2D eigenvalue weighted by molar-refractivity contribution is 5.92. The molecule has 0 bridgehead atoms. The molecule has 0 aliphatic heterocycles. The van der Waals surface area contributed by atoms with Crippen molar-refractivity contribution in [2.24, 2.45) is 11.7 Å². The van der Waals surface area contributed by atoms with Gasteiger partial charge >= 0.3 is 6.18 Å². The molecule has 224 valence electrons. The Morgan fingerprint density at radius 3 is 2.61 bits per heavy atom. The van der Waals surface area contributed by atoms with Crippen LogP contribution in [0, 0.1) is 5.92 Å². The number of nitrogens with one attached hydrogen (secondary N) is 2. The minimum Gasteiger partial charge on any atom is -0.383 e. The van der Waals surface area contributed by atoms with E-state index in [1.54, 1.807) is 25.1 Å². The van der Waals surface area contributed by atoms with Gasteiger partial charge in [-0.2, -0.15) is 13.2 Å². The number of fused-ring (bicyclic) bond motifs is 1. The number of amides is 2. The Balaban J connectivity index is 1.66. The van der Waals surface area contributed by atoms with Gasteiger partial charge in [0.15, 0.2) is 0 Å². The van der Waals surface area contributed by atoms with Crippen molar-refractivity contribution in [3.05, 3.63) is 41.0 Å². The lowest BCUT2D eigenvalue weighted by Crippen LogP contribution is -2.30. The van der Waals surface area contributed by atoms with E-state index in [9.17, 15) is 31.5 Å². The molecule has 0 radical (unpaired) electrons. The average Bonchev–Trinajstić information content (AvgIpc) is 3.51. The van der Waals surface area contributed by atoms with E-state index in [1.807, 2.05) is 0 Å². The van der Waals surface area contributed by atoms with Gasteiger partial charge in [0.05, 0.1) is 42.6 Å². The molecule has 0 spiro atoms. The highest BCUT2D eigenvalue weighted by atomic mass is 19.4. The monoisotopic (exact) mass is 585 g/mol. The first-order chi connectivity index (χ1) is 19.3. The molecule has 1 saturated carbocycles. The van der Waals surface area contributed by atoms with Crippen molar-refractivity contribution in [2.45, 2.75) is 76.1 Å². The van der Waals surface area contributed by atoms with Crippen LogP contribution >= 0.6 is 0 Å². The zero-order valence-corrected chi connectivity index (χ0v) is 22.6. The second-order valence-electron chi connectivity index (χ2n) is 10.4. The number of halogens is 5. The SMILES string of the molecule is COCCn1nnc([C@@H](c2nc3ccc([C@@H](C)NC(=O)CCC(F)(F)F)cc3[nH]2)C2CCC(F)(F)CC2)c1C(N)=O. The van der Waals surface area contributed by atoms with Gasteiger partial charge in [-0.05, 0) is 43.4 Å². The summed E-state index contributed by atoms with van der Waals surface area (Å²) in [5.41, 5.74) is 7.67. The summed E-state index contributed by atoms with van der Waals surface area (Å²) in [6, 6.07) is 4.48. The van der Waals surface area contributed by atoms with E-state index in [1.165, 1.54) is 11.8 Å². The Morgan fingerprint density at radius 1 is 1.27 bits per heavy atom. The zero-order valence-electron chi connectivity index (χ0n) is 22.6. The number of rotatable bonds is 11. The quantitative estimate of drug-likeness (QED) is 0.286. The Labute approximate surface area is 232 Å². The lowest BCUT2D eigenvalue weighted by molar-refractivity contribution is -0.144. The van der Waals surface area contributed by atoms with Gasteiger partial charge in [0.1, 0.15) is 17.2 Å². The van der Waals surface area contributed by atoms with Crippen LogP contribution in [0.4, 0.5) is 22.0 Å². The number of alkyl halides is 5. The maximum Gasteiger partial charge on any atom is 0.389 e. The second-order valence-corrected chi connectivity index (χ2v) is 10.4. The van der Waals surface area contributed by atoms with Crippen LogP contribution in [0.15, 0.2) is 18.2 Å². The molecule has 3 aromatic rings. The summed E-state index contributed by atoms with van der Waals surface area (Å²) in [6.45, 7) is 2.08. The highest BCUT2D eigenvalue weighted by Gasteiger charge is 2.42. The van der Waals surface area contributed by atoms with Crippen molar-refractivity contribution < 1.29 is 36.3 Å². The van der Waals surface area contributed by atoms with Crippen LogP contribution in [0.2, 0.25) is 0 Å². The Kier molecular flexibility index (Phi) is 8.94. The molecule has 15 heteroatoms. The molecule has 2 atom stereocenters. The summed E-state index contributed by atoms with van der Waals surface area (Å²) in [5, 5.41) is 10.9. The Morgan fingerprint density at radius 2 is 1.98 bits per heavy atom. The summed E-state index contributed by atoms with van der Waals surface area (Å²) in [5.74, 6) is -4.94. The number of benzene rings is 1. The lowest BCUT2D eigenvalue weighted by Gasteiger charge is -2.32. The minimum absolute atomic E-state index is 0.0423. The van der Waals surface area contributed by atoms with Gasteiger partial charge < -0.3 is 20.8 Å². The highest BCUT2D eigenvalue weighted by Crippen LogP contribution is 2.45. The lowest BCUT2D eigenvalue weighted by atomic mass is 9.76. The van der Waals surface area contributed by atoms with E-state index in [0.29, 0.717) is 22.4 Å². The second kappa shape index (κ2) is 12.1. The molecule has 0 unspecified atom stereocenters. The molecule has 41 heavy (non-hydrogen) atoms. The molecule has 1 fully saturated rings. The Hall–Kier alpha value is -3.62. The third kappa shape index (κ3) is 7.37. The van der Waals surface area contributed by atoms with Gasteiger partial charge in [-0.15, -0.1) is 5.10 Å². The predicted molar refractivity (Wildman–Crippen MR) is 137 cm³/mol. The molecule has 1 aromatic carbocycles. The fraction of sp³-hybridized carbons (Fsp3) is 0.577. The van der Waals surface area contributed by atoms with Crippen molar-refractivity contribution in [1.29, 1.82) is 0 Å². The van der Waals surface area contributed by atoms with Crippen LogP contribution in [0.25, 0.3) is 11.0 Å². The van der Waals surface area contributed by atoms with Crippen LogP contribution in [-0.2, 0) is 16.1 Å². The van der Waals surface area contributed by atoms with Gasteiger partial charge in [-0.1, -0.05) is 11.3 Å². The molecule has 1 aliphatic carbocycles.